The number of hydrogen-bond acceptors (Lipinski definition) is 5. The van der Waals surface area contributed by atoms with Crippen LogP contribution in [0.15, 0.2) is 30.3 Å². The van der Waals surface area contributed by atoms with E-state index >= 15 is 0 Å². The summed E-state index contributed by atoms with van der Waals surface area (Å²) < 4.78 is 5.81. The summed E-state index contributed by atoms with van der Waals surface area (Å²) in [5.74, 6) is 0. The summed E-state index contributed by atoms with van der Waals surface area (Å²) in [5.41, 5.74) is 1.18. The van der Waals surface area contributed by atoms with Crippen LogP contribution in [-0.4, -0.2) is 16.7 Å². The molecule has 2 aromatic rings. The summed E-state index contributed by atoms with van der Waals surface area (Å²) >= 11 is 1.55. The van der Waals surface area contributed by atoms with Crippen LogP contribution in [0.4, 0.5) is 5.13 Å². The fourth-order valence-corrected chi connectivity index (χ4v) is 2.32. The standard InChI is InChI=1S/C14H19N3OS/c1-3-9-15-14-17-16-13(19-14)10-18-11(2)12-7-5-4-6-8-12/h4-8,11H,3,9-10H2,1-2H3,(H,15,17). The topological polar surface area (TPSA) is 47.0 Å². The molecule has 0 saturated heterocycles. The first kappa shape index (κ1) is 14.0. The predicted molar refractivity (Wildman–Crippen MR) is 78.3 cm³/mol. The van der Waals surface area contributed by atoms with Gasteiger partial charge >= 0.3 is 0 Å². The molecule has 2 rings (SSSR count). The van der Waals surface area contributed by atoms with Gasteiger partial charge in [0, 0.05) is 6.54 Å². The minimum atomic E-state index is 0.0668. The van der Waals surface area contributed by atoms with Gasteiger partial charge in [-0.1, -0.05) is 48.6 Å². The number of rotatable bonds is 7. The van der Waals surface area contributed by atoms with E-state index in [4.69, 9.17) is 4.74 Å². The number of nitrogens with zero attached hydrogens (tertiary/aromatic N) is 2. The second kappa shape index (κ2) is 7.21. The molecule has 19 heavy (non-hydrogen) atoms. The molecule has 1 N–H and O–H groups in total. The summed E-state index contributed by atoms with van der Waals surface area (Å²) in [5, 5.41) is 13.2. The van der Waals surface area contributed by atoms with Crippen molar-refractivity contribution < 1.29 is 4.74 Å². The van der Waals surface area contributed by atoms with Crippen LogP contribution in [-0.2, 0) is 11.3 Å². The van der Waals surface area contributed by atoms with Crippen LogP contribution in [0.1, 0.15) is 36.9 Å². The molecule has 102 valence electrons. The van der Waals surface area contributed by atoms with Crippen molar-refractivity contribution in [3.05, 3.63) is 40.9 Å². The Balaban J connectivity index is 1.83. The normalized spacial score (nSPS) is 12.3. The minimum Gasteiger partial charge on any atom is -0.367 e. The Morgan fingerprint density at radius 2 is 2.05 bits per heavy atom. The van der Waals surface area contributed by atoms with Gasteiger partial charge in [0.05, 0.1) is 6.10 Å². The van der Waals surface area contributed by atoms with Crippen LogP contribution in [0.2, 0.25) is 0 Å². The third-order valence-corrected chi connectivity index (χ3v) is 3.57. The highest BCUT2D eigenvalue weighted by Gasteiger charge is 2.08. The zero-order valence-electron chi connectivity index (χ0n) is 11.3. The third kappa shape index (κ3) is 4.29. The van der Waals surface area contributed by atoms with Crippen molar-refractivity contribution in [3.8, 4) is 0 Å². The number of aromatic nitrogens is 2. The van der Waals surface area contributed by atoms with Crippen LogP contribution in [0.5, 0.6) is 0 Å². The van der Waals surface area contributed by atoms with Gasteiger partial charge in [0.2, 0.25) is 5.13 Å². The first-order chi connectivity index (χ1) is 9.29. The lowest BCUT2D eigenvalue weighted by Gasteiger charge is -2.11. The maximum Gasteiger partial charge on any atom is 0.205 e. The molecule has 0 saturated carbocycles. The number of benzene rings is 1. The molecule has 0 aliphatic carbocycles. The number of nitrogens with one attached hydrogen (secondary N) is 1. The molecule has 0 aliphatic heterocycles. The zero-order chi connectivity index (χ0) is 13.5. The first-order valence-electron chi connectivity index (χ1n) is 6.52. The van der Waals surface area contributed by atoms with Crippen LogP contribution in [0.3, 0.4) is 0 Å². The van der Waals surface area contributed by atoms with Crippen molar-refractivity contribution in [2.75, 3.05) is 11.9 Å². The zero-order valence-corrected chi connectivity index (χ0v) is 12.1. The molecule has 1 atom stereocenters. The number of anilines is 1. The Morgan fingerprint density at radius 3 is 2.79 bits per heavy atom. The van der Waals surface area contributed by atoms with Gasteiger partial charge in [-0.25, -0.2) is 0 Å². The Kier molecular flexibility index (Phi) is 5.30. The Morgan fingerprint density at radius 1 is 1.26 bits per heavy atom. The summed E-state index contributed by atoms with van der Waals surface area (Å²) in [7, 11) is 0. The molecule has 0 amide bonds. The van der Waals surface area contributed by atoms with Crippen LogP contribution >= 0.6 is 11.3 Å². The quantitative estimate of drug-likeness (QED) is 0.839. The van der Waals surface area contributed by atoms with E-state index in [-0.39, 0.29) is 6.10 Å². The summed E-state index contributed by atoms with van der Waals surface area (Å²) in [6, 6.07) is 10.2. The summed E-state index contributed by atoms with van der Waals surface area (Å²) in [4.78, 5) is 0. The van der Waals surface area contributed by atoms with E-state index in [9.17, 15) is 0 Å². The van der Waals surface area contributed by atoms with E-state index in [2.05, 4.69) is 34.6 Å². The molecular weight excluding hydrogens is 258 g/mol. The van der Waals surface area contributed by atoms with Gasteiger partial charge in [-0.3, -0.25) is 0 Å². The highest BCUT2D eigenvalue weighted by atomic mass is 32.1. The van der Waals surface area contributed by atoms with Crippen molar-refractivity contribution in [2.45, 2.75) is 33.0 Å². The third-order valence-electron chi connectivity index (χ3n) is 2.72. The molecule has 1 heterocycles. The maximum atomic E-state index is 5.81. The molecule has 4 nitrogen and oxygen atoms in total. The molecule has 1 aromatic heterocycles. The van der Waals surface area contributed by atoms with Crippen molar-refractivity contribution >= 4 is 16.5 Å². The summed E-state index contributed by atoms with van der Waals surface area (Å²) in [6.07, 6.45) is 1.15. The minimum absolute atomic E-state index is 0.0668. The van der Waals surface area contributed by atoms with Gasteiger partial charge in [-0.05, 0) is 18.9 Å². The molecular formula is C14H19N3OS. The molecule has 0 aliphatic rings. The molecule has 0 bridgehead atoms. The molecule has 0 spiro atoms. The van der Waals surface area contributed by atoms with Gasteiger partial charge in [0.1, 0.15) is 11.6 Å². The van der Waals surface area contributed by atoms with Crippen LogP contribution < -0.4 is 5.32 Å². The van der Waals surface area contributed by atoms with E-state index in [0.717, 1.165) is 23.1 Å². The smallest absolute Gasteiger partial charge is 0.205 e. The average molecular weight is 277 g/mol. The maximum absolute atomic E-state index is 5.81. The second-order valence-corrected chi connectivity index (χ2v) is 5.35. The highest BCUT2D eigenvalue weighted by Crippen LogP contribution is 2.21. The van der Waals surface area contributed by atoms with Crippen LogP contribution in [0.25, 0.3) is 0 Å². The van der Waals surface area contributed by atoms with Crippen molar-refractivity contribution in [3.63, 3.8) is 0 Å². The SMILES string of the molecule is CCCNc1nnc(COC(C)c2ccccc2)s1. The lowest BCUT2D eigenvalue weighted by Crippen LogP contribution is -1.99. The summed E-state index contributed by atoms with van der Waals surface area (Å²) in [6.45, 7) is 5.60. The molecule has 0 fully saturated rings. The number of ether oxygens (including phenoxy) is 1. The number of hydrogen-bond donors (Lipinski definition) is 1. The van der Waals surface area contributed by atoms with Crippen LogP contribution in [0, 0.1) is 0 Å². The largest absolute Gasteiger partial charge is 0.367 e. The lowest BCUT2D eigenvalue weighted by molar-refractivity contribution is 0.0521. The molecule has 1 unspecified atom stereocenters. The van der Waals surface area contributed by atoms with E-state index in [1.807, 2.05) is 25.1 Å². The van der Waals surface area contributed by atoms with Gasteiger partial charge in [-0.2, -0.15) is 0 Å². The van der Waals surface area contributed by atoms with E-state index in [0.29, 0.717) is 6.61 Å². The van der Waals surface area contributed by atoms with Gasteiger partial charge in [0.25, 0.3) is 0 Å². The highest BCUT2D eigenvalue weighted by molar-refractivity contribution is 7.15. The monoisotopic (exact) mass is 277 g/mol. The van der Waals surface area contributed by atoms with Crippen molar-refractivity contribution in [1.82, 2.24) is 10.2 Å². The Hall–Kier alpha value is -1.46. The van der Waals surface area contributed by atoms with E-state index in [1.54, 1.807) is 11.3 Å². The van der Waals surface area contributed by atoms with Gasteiger partial charge < -0.3 is 10.1 Å². The predicted octanol–water partition coefficient (Wildman–Crippen LogP) is 3.64. The fraction of sp³-hybridized carbons (Fsp3) is 0.429. The van der Waals surface area contributed by atoms with Gasteiger partial charge in [-0.15, -0.1) is 10.2 Å². The molecule has 1 aromatic carbocycles. The fourth-order valence-electron chi connectivity index (χ4n) is 1.63. The first-order valence-corrected chi connectivity index (χ1v) is 7.34. The lowest BCUT2D eigenvalue weighted by atomic mass is 10.1. The van der Waals surface area contributed by atoms with E-state index < -0.39 is 0 Å². The molecule has 5 heteroatoms. The average Bonchev–Trinajstić information content (AvgIpc) is 2.91. The van der Waals surface area contributed by atoms with E-state index in [1.165, 1.54) is 5.56 Å². The Bertz CT molecular complexity index is 486. The van der Waals surface area contributed by atoms with Crippen molar-refractivity contribution in [1.29, 1.82) is 0 Å². The molecule has 0 radical (unpaired) electrons. The second-order valence-electron chi connectivity index (χ2n) is 4.29. The van der Waals surface area contributed by atoms with Crippen molar-refractivity contribution in [2.24, 2.45) is 0 Å². The Labute approximate surface area is 117 Å². The van der Waals surface area contributed by atoms with Gasteiger partial charge in [0.15, 0.2) is 0 Å².